The fraction of sp³-hybridized carbons (Fsp3) is 0.667. The summed E-state index contributed by atoms with van der Waals surface area (Å²) < 4.78 is 1.99. The van der Waals surface area contributed by atoms with Crippen LogP contribution in [0.3, 0.4) is 0 Å². The van der Waals surface area contributed by atoms with Crippen molar-refractivity contribution >= 4 is 37.7 Å². The lowest BCUT2D eigenvalue weighted by atomic mass is 10.3. The number of hydrogen-bond donors (Lipinski definition) is 0. The number of allylic oxidation sites excluding steroid dienone is 1. The molecule has 1 rings (SSSR count). The van der Waals surface area contributed by atoms with Crippen molar-refractivity contribution in [2.45, 2.75) is 50.1 Å². The summed E-state index contributed by atoms with van der Waals surface area (Å²) >= 11 is 0. The van der Waals surface area contributed by atoms with Crippen molar-refractivity contribution in [1.82, 2.24) is 0 Å². The van der Waals surface area contributed by atoms with E-state index in [1.165, 1.54) is 6.42 Å². The molecule has 0 saturated carbocycles. The van der Waals surface area contributed by atoms with Gasteiger partial charge in [0, 0.05) is 4.37 Å². The second-order valence-electron chi connectivity index (χ2n) is 6.53. The van der Waals surface area contributed by atoms with Crippen LogP contribution in [0.2, 0.25) is 39.3 Å². The molecule has 16 heavy (non-hydrogen) atoms. The molecular formula is C12H24S2Si2. The second kappa shape index (κ2) is 4.71. The van der Waals surface area contributed by atoms with Gasteiger partial charge in [-0.15, -0.1) is 6.58 Å². The summed E-state index contributed by atoms with van der Waals surface area (Å²) in [5.41, 5.74) is 0. The highest BCUT2D eigenvalue weighted by molar-refractivity contribution is 8.79. The van der Waals surface area contributed by atoms with Gasteiger partial charge in [0.25, 0.3) is 0 Å². The predicted molar refractivity (Wildman–Crippen MR) is 87.5 cm³/mol. The Hall–Kier alpha value is 0.614. The van der Waals surface area contributed by atoms with E-state index in [9.17, 15) is 0 Å². The highest BCUT2D eigenvalue weighted by Crippen LogP contribution is 2.54. The lowest BCUT2D eigenvalue weighted by molar-refractivity contribution is 0.944. The van der Waals surface area contributed by atoms with E-state index < -0.39 is 16.1 Å². The molecule has 0 aromatic rings. The Bertz CT molecular complexity index is 310. The second-order valence-corrected chi connectivity index (χ2v) is 20.2. The molecule has 1 heterocycles. The maximum atomic E-state index is 4.09. The fourth-order valence-corrected chi connectivity index (χ4v) is 12.9. The Kier molecular flexibility index (Phi) is 4.32. The van der Waals surface area contributed by atoms with Gasteiger partial charge in [-0.05, 0) is 10.9 Å². The van der Waals surface area contributed by atoms with Gasteiger partial charge in [-0.1, -0.05) is 73.0 Å². The van der Waals surface area contributed by atoms with Gasteiger partial charge < -0.3 is 0 Å². The average Bonchev–Trinajstić information content (AvgIpc) is 2.14. The van der Waals surface area contributed by atoms with Gasteiger partial charge in [0.2, 0.25) is 0 Å². The third-order valence-electron chi connectivity index (χ3n) is 3.21. The molecule has 0 aliphatic carbocycles. The number of hydrogen-bond acceptors (Lipinski definition) is 2. The first-order valence-electron chi connectivity index (χ1n) is 5.82. The van der Waals surface area contributed by atoms with E-state index in [4.69, 9.17) is 0 Å². The van der Waals surface area contributed by atoms with Crippen LogP contribution in [-0.2, 0) is 0 Å². The van der Waals surface area contributed by atoms with Crippen molar-refractivity contribution in [3.05, 3.63) is 23.3 Å². The van der Waals surface area contributed by atoms with Gasteiger partial charge in [0.05, 0.1) is 16.1 Å². The third-order valence-corrected chi connectivity index (χ3v) is 15.8. The fourth-order valence-electron chi connectivity index (χ4n) is 1.72. The Morgan fingerprint density at radius 1 is 1.25 bits per heavy atom. The van der Waals surface area contributed by atoms with Gasteiger partial charge in [-0.3, -0.25) is 0 Å². The summed E-state index contributed by atoms with van der Waals surface area (Å²) in [5.74, 6) is 0. The molecule has 1 aliphatic rings. The molecule has 0 radical (unpaired) electrons. The normalized spacial score (nSPS) is 27.5. The summed E-state index contributed by atoms with van der Waals surface area (Å²) in [6, 6.07) is 0. The van der Waals surface area contributed by atoms with Crippen LogP contribution in [0, 0.1) is 0 Å². The lowest BCUT2D eigenvalue weighted by Crippen LogP contribution is -2.48. The maximum Gasteiger partial charge on any atom is 0.0864 e. The molecule has 0 fully saturated rings. The molecule has 92 valence electrons. The largest absolute Gasteiger partial charge is 0.102 e. The molecule has 1 unspecified atom stereocenters. The zero-order chi connectivity index (χ0) is 12.6. The molecule has 0 aromatic carbocycles. The van der Waals surface area contributed by atoms with Crippen molar-refractivity contribution in [2.24, 2.45) is 0 Å². The number of rotatable bonds is 3. The average molecular weight is 289 g/mol. The van der Waals surface area contributed by atoms with E-state index in [-0.39, 0.29) is 0 Å². The van der Waals surface area contributed by atoms with Crippen molar-refractivity contribution in [1.29, 1.82) is 0 Å². The lowest BCUT2D eigenvalue weighted by Gasteiger charge is -2.43. The summed E-state index contributed by atoms with van der Waals surface area (Å²) in [4.78, 5) is 0. The van der Waals surface area contributed by atoms with Crippen molar-refractivity contribution in [3.63, 3.8) is 0 Å². The molecule has 0 saturated heterocycles. The molecule has 0 nitrogen and oxygen atoms in total. The first-order chi connectivity index (χ1) is 7.12. The first-order valence-corrected chi connectivity index (χ1v) is 15.0. The summed E-state index contributed by atoms with van der Waals surface area (Å²) in [7, 11) is 1.80. The molecule has 0 bridgehead atoms. The van der Waals surface area contributed by atoms with Crippen molar-refractivity contribution in [3.8, 4) is 0 Å². The van der Waals surface area contributed by atoms with Crippen molar-refractivity contribution in [2.75, 3.05) is 0 Å². The zero-order valence-corrected chi connectivity index (χ0v) is 15.0. The molecule has 0 aromatic heterocycles. The standard InChI is InChI=1S/C12H24S2Si2/c1-8-12(16(5,6)7)10-9-11(13-14-12)15(2,3)4/h8-9H,1,10H2,2-7H3. The van der Waals surface area contributed by atoms with Gasteiger partial charge in [-0.2, -0.15) is 0 Å². The van der Waals surface area contributed by atoms with E-state index in [2.05, 4.69) is 68.8 Å². The molecule has 4 heteroatoms. The highest BCUT2D eigenvalue weighted by atomic mass is 33.1. The Labute approximate surface area is 111 Å². The molecule has 0 spiro atoms. The summed E-state index contributed by atoms with van der Waals surface area (Å²) in [5, 5.41) is 0. The monoisotopic (exact) mass is 288 g/mol. The van der Waals surface area contributed by atoms with Gasteiger partial charge in [-0.25, -0.2) is 0 Å². The van der Waals surface area contributed by atoms with E-state index >= 15 is 0 Å². The van der Waals surface area contributed by atoms with Crippen LogP contribution in [-0.4, -0.2) is 20.5 Å². The van der Waals surface area contributed by atoms with Crippen LogP contribution < -0.4 is 0 Å². The molecular weight excluding hydrogens is 264 g/mol. The topological polar surface area (TPSA) is 0 Å². The highest BCUT2D eigenvalue weighted by Gasteiger charge is 2.44. The van der Waals surface area contributed by atoms with Gasteiger partial charge >= 0.3 is 0 Å². The zero-order valence-electron chi connectivity index (χ0n) is 11.4. The van der Waals surface area contributed by atoms with Crippen LogP contribution in [0.4, 0.5) is 0 Å². The van der Waals surface area contributed by atoms with Crippen LogP contribution in [0.25, 0.3) is 0 Å². The van der Waals surface area contributed by atoms with E-state index in [1.807, 2.05) is 10.8 Å². The van der Waals surface area contributed by atoms with E-state index in [1.54, 1.807) is 4.53 Å². The molecule has 0 N–H and O–H groups in total. The van der Waals surface area contributed by atoms with Crippen LogP contribution in [0.15, 0.2) is 23.3 Å². The minimum atomic E-state index is -1.20. The Balaban J connectivity index is 2.95. The Morgan fingerprint density at radius 2 is 1.81 bits per heavy atom. The first kappa shape index (κ1) is 14.7. The minimum absolute atomic E-state index is 0.334. The van der Waals surface area contributed by atoms with Crippen molar-refractivity contribution < 1.29 is 0 Å². The minimum Gasteiger partial charge on any atom is -0.102 e. The van der Waals surface area contributed by atoms with Gasteiger partial charge in [0.1, 0.15) is 0 Å². The predicted octanol–water partition coefficient (Wildman–Crippen LogP) is 5.34. The molecule has 1 atom stereocenters. The van der Waals surface area contributed by atoms with Crippen LogP contribution >= 0.6 is 21.6 Å². The summed E-state index contributed by atoms with van der Waals surface area (Å²) in [6.07, 6.45) is 5.92. The van der Waals surface area contributed by atoms with E-state index in [0.29, 0.717) is 4.37 Å². The van der Waals surface area contributed by atoms with Gasteiger partial charge in [0.15, 0.2) is 0 Å². The van der Waals surface area contributed by atoms with Crippen LogP contribution in [0.5, 0.6) is 0 Å². The Morgan fingerprint density at radius 3 is 2.06 bits per heavy atom. The maximum absolute atomic E-state index is 4.09. The van der Waals surface area contributed by atoms with E-state index in [0.717, 1.165) is 0 Å². The molecule has 0 amide bonds. The quantitative estimate of drug-likeness (QED) is 0.391. The smallest absolute Gasteiger partial charge is 0.0864 e. The van der Waals surface area contributed by atoms with Crippen LogP contribution in [0.1, 0.15) is 6.42 Å². The molecule has 1 aliphatic heterocycles. The summed E-state index contributed by atoms with van der Waals surface area (Å²) in [6.45, 7) is 18.8. The SMILES string of the molecule is C=CC1([Si](C)(C)C)CC=C([Si](C)(C)C)SS1. The third kappa shape index (κ3) is 2.89.